The van der Waals surface area contributed by atoms with E-state index in [9.17, 15) is 0 Å². The van der Waals surface area contributed by atoms with Gasteiger partial charge >= 0.3 is 0 Å². The molecule has 2 aromatic rings. The van der Waals surface area contributed by atoms with Crippen molar-refractivity contribution in [3.8, 4) is 5.75 Å². The van der Waals surface area contributed by atoms with E-state index in [1.165, 1.54) is 5.56 Å². The molecule has 0 saturated heterocycles. The third-order valence-corrected chi connectivity index (χ3v) is 3.57. The summed E-state index contributed by atoms with van der Waals surface area (Å²) in [4.78, 5) is 0. The average molecular weight is 273 g/mol. The van der Waals surface area contributed by atoms with Crippen LogP contribution in [-0.4, -0.2) is 16.9 Å². The van der Waals surface area contributed by atoms with E-state index in [1.54, 1.807) is 13.3 Å². The Hall–Kier alpha value is -1.81. The number of nitrogens with two attached hydrogens (primary N) is 1. The number of aryl methyl sites for hydroxylation is 1. The van der Waals surface area contributed by atoms with Crippen molar-refractivity contribution in [1.82, 2.24) is 9.78 Å². The summed E-state index contributed by atoms with van der Waals surface area (Å²) in [7, 11) is 1.66. The van der Waals surface area contributed by atoms with Crippen molar-refractivity contribution >= 4 is 0 Å². The lowest BCUT2D eigenvalue weighted by molar-refractivity contribution is 0.400. The van der Waals surface area contributed by atoms with E-state index < -0.39 is 0 Å². The molecule has 0 saturated carbocycles. The van der Waals surface area contributed by atoms with Gasteiger partial charge in [0.05, 0.1) is 19.3 Å². The summed E-state index contributed by atoms with van der Waals surface area (Å²) in [6, 6.07) is 8.29. The molecule has 4 nitrogen and oxygen atoms in total. The molecule has 20 heavy (non-hydrogen) atoms. The van der Waals surface area contributed by atoms with Gasteiger partial charge in [0.25, 0.3) is 0 Å². The highest BCUT2D eigenvalue weighted by Gasteiger charge is 2.23. The molecule has 1 atom stereocenters. The Balaban J connectivity index is 2.52. The fourth-order valence-corrected chi connectivity index (χ4v) is 2.53. The van der Waals surface area contributed by atoms with Crippen molar-refractivity contribution in [2.75, 3.05) is 7.11 Å². The number of hydrogen-bond donors (Lipinski definition) is 1. The van der Waals surface area contributed by atoms with Crippen LogP contribution >= 0.6 is 0 Å². The van der Waals surface area contributed by atoms with E-state index in [0.29, 0.717) is 0 Å². The Labute approximate surface area is 120 Å². The number of hydrogen-bond acceptors (Lipinski definition) is 3. The first-order chi connectivity index (χ1) is 9.60. The van der Waals surface area contributed by atoms with Crippen molar-refractivity contribution in [2.45, 2.75) is 39.3 Å². The highest BCUT2D eigenvalue weighted by molar-refractivity contribution is 5.40. The van der Waals surface area contributed by atoms with E-state index in [1.807, 2.05) is 16.8 Å². The maximum absolute atomic E-state index is 6.51. The highest BCUT2D eigenvalue weighted by atomic mass is 16.5. The largest absolute Gasteiger partial charge is 0.493 e. The maximum atomic E-state index is 6.51. The van der Waals surface area contributed by atoms with E-state index in [2.05, 4.69) is 38.0 Å². The molecule has 4 heteroatoms. The topological polar surface area (TPSA) is 53.1 Å². The van der Waals surface area contributed by atoms with Crippen molar-refractivity contribution in [1.29, 1.82) is 0 Å². The summed E-state index contributed by atoms with van der Waals surface area (Å²) < 4.78 is 7.37. The van der Waals surface area contributed by atoms with Gasteiger partial charge in [-0.3, -0.25) is 4.68 Å². The summed E-state index contributed by atoms with van der Waals surface area (Å²) in [5, 5.41) is 4.40. The lowest BCUT2D eigenvalue weighted by atomic mass is 9.96. The molecule has 0 aliphatic heterocycles. The van der Waals surface area contributed by atoms with Gasteiger partial charge in [-0.25, -0.2) is 0 Å². The van der Waals surface area contributed by atoms with E-state index in [-0.39, 0.29) is 12.1 Å². The minimum atomic E-state index is -0.231. The normalized spacial score (nSPS) is 12.7. The van der Waals surface area contributed by atoms with Gasteiger partial charge in [-0.1, -0.05) is 31.2 Å². The Bertz CT molecular complexity index is 575. The molecule has 1 aromatic carbocycles. The first kappa shape index (κ1) is 14.6. The predicted molar refractivity (Wildman–Crippen MR) is 81.0 cm³/mol. The van der Waals surface area contributed by atoms with Crippen LogP contribution < -0.4 is 10.5 Å². The summed E-state index contributed by atoms with van der Waals surface area (Å²) in [5.41, 5.74) is 9.84. The van der Waals surface area contributed by atoms with Gasteiger partial charge in [-0.2, -0.15) is 5.10 Å². The molecule has 1 unspecified atom stereocenters. The van der Waals surface area contributed by atoms with Crippen molar-refractivity contribution in [3.05, 3.63) is 47.3 Å². The molecule has 2 rings (SSSR count). The fraction of sp³-hybridized carbons (Fsp3) is 0.438. The molecule has 108 valence electrons. The van der Waals surface area contributed by atoms with Crippen LogP contribution in [0.15, 0.2) is 30.5 Å². The lowest BCUT2D eigenvalue weighted by Gasteiger charge is -2.20. The number of methoxy groups -OCH3 is 1. The molecular weight excluding hydrogens is 250 g/mol. The number of rotatable bonds is 5. The van der Waals surface area contributed by atoms with Gasteiger partial charge in [0.1, 0.15) is 5.69 Å². The maximum Gasteiger partial charge on any atom is 0.161 e. The van der Waals surface area contributed by atoms with Crippen LogP contribution in [0.2, 0.25) is 0 Å². The van der Waals surface area contributed by atoms with Crippen LogP contribution in [0, 0.1) is 0 Å². The van der Waals surface area contributed by atoms with Gasteiger partial charge in [-0.15, -0.1) is 0 Å². The van der Waals surface area contributed by atoms with Crippen LogP contribution in [0.25, 0.3) is 0 Å². The van der Waals surface area contributed by atoms with Crippen LogP contribution in [0.5, 0.6) is 5.75 Å². The first-order valence-corrected chi connectivity index (χ1v) is 7.04. The molecule has 0 bridgehead atoms. The van der Waals surface area contributed by atoms with Crippen LogP contribution in [0.4, 0.5) is 0 Å². The zero-order valence-electron chi connectivity index (χ0n) is 12.6. The molecule has 0 aliphatic rings. The zero-order chi connectivity index (χ0) is 14.7. The number of ether oxygens (including phenoxy) is 1. The Morgan fingerprint density at radius 3 is 2.60 bits per heavy atom. The molecule has 0 aliphatic carbocycles. The average Bonchev–Trinajstić information content (AvgIpc) is 2.90. The van der Waals surface area contributed by atoms with Gasteiger partial charge in [0, 0.05) is 6.04 Å². The van der Waals surface area contributed by atoms with Crippen LogP contribution in [0.3, 0.4) is 0 Å². The van der Waals surface area contributed by atoms with Crippen molar-refractivity contribution in [2.24, 2.45) is 5.73 Å². The standard InChI is InChI=1S/C16H23N3O/c1-5-12-8-6-7-9-13(12)15(17)16-14(20-4)10-18-19(16)11(2)3/h6-11,15H,5,17H2,1-4H3. The van der Waals surface area contributed by atoms with E-state index in [0.717, 1.165) is 23.4 Å². The van der Waals surface area contributed by atoms with Crippen LogP contribution in [-0.2, 0) is 6.42 Å². The first-order valence-electron chi connectivity index (χ1n) is 7.04. The summed E-state index contributed by atoms with van der Waals surface area (Å²) in [6.07, 6.45) is 2.70. The minimum absolute atomic E-state index is 0.231. The Morgan fingerprint density at radius 1 is 1.30 bits per heavy atom. The second-order valence-corrected chi connectivity index (χ2v) is 5.17. The SMILES string of the molecule is CCc1ccccc1C(N)c1c(OC)cnn1C(C)C. The summed E-state index contributed by atoms with van der Waals surface area (Å²) in [5.74, 6) is 0.747. The Kier molecular flexibility index (Phi) is 4.45. The molecule has 2 N–H and O–H groups in total. The van der Waals surface area contributed by atoms with Gasteiger partial charge in [0.2, 0.25) is 0 Å². The predicted octanol–water partition coefficient (Wildman–Crippen LogP) is 3.08. The molecule has 0 radical (unpaired) electrons. The van der Waals surface area contributed by atoms with Gasteiger partial charge < -0.3 is 10.5 Å². The summed E-state index contributed by atoms with van der Waals surface area (Å²) >= 11 is 0. The molecule has 0 spiro atoms. The van der Waals surface area contributed by atoms with E-state index >= 15 is 0 Å². The van der Waals surface area contributed by atoms with Gasteiger partial charge in [-0.05, 0) is 31.4 Å². The number of aromatic nitrogens is 2. The van der Waals surface area contributed by atoms with Crippen molar-refractivity contribution < 1.29 is 4.74 Å². The third kappa shape index (κ3) is 2.56. The van der Waals surface area contributed by atoms with E-state index in [4.69, 9.17) is 10.5 Å². The second kappa shape index (κ2) is 6.09. The quantitative estimate of drug-likeness (QED) is 0.910. The second-order valence-electron chi connectivity index (χ2n) is 5.17. The molecule has 1 aromatic heterocycles. The zero-order valence-corrected chi connectivity index (χ0v) is 12.6. The van der Waals surface area contributed by atoms with Crippen LogP contribution in [0.1, 0.15) is 49.7 Å². The number of benzene rings is 1. The minimum Gasteiger partial charge on any atom is -0.493 e. The number of nitrogens with zero attached hydrogens (tertiary/aromatic N) is 2. The monoisotopic (exact) mass is 273 g/mol. The Morgan fingerprint density at radius 2 is 2.00 bits per heavy atom. The van der Waals surface area contributed by atoms with Crippen molar-refractivity contribution in [3.63, 3.8) is 0 Å². The lowest BCUT2D eigenvalue weighted by Crippen LogP contribution is -2.20. The molecule has 0 amide bonds. The third-order valence-electron chi connectivity index (χ3n) is 3.57. The summed E-state index contributed by atoms with van der Waals surface area (Å²) in [6.45, 7) is 6.32. The highest BCUT2D eigenvalue weighted by Crippen LogP contribution is 2.31. The van der Waals surface area contributed by atoms with Gasteiger partial charge in [0.15, 0.2) is 5.75 Å². The fourth-order valence-electron chi connectivity index (χ4n) is 2.53. The molecular formula is C16H23N3O. The molecule has 0 fully saturated rings. The smallest absolute Gasteiger partial charge is 0.161 e. The molecule has 1 heterocycles.